The van der Waals surface area contributed by atoms with Gasteiger partial charge < -0.3 is 15.0 Å². The van der Waals surface area contributed by atoms with Crippen LogP contribution < -0.4 is 10.1 Å². The molecule has 0 spiro atoms. The smallest absolute Gasteiger partial charge is 0.251 e. The fourth-order valence-electron chi connectivity index (χ4n) is 3.63. The lowest BCUT2D eigenvalue weighted by molar-refractivity contribution is 0.0952. The Labute approximate surface area is 185 Å². The van der Waals surface area contributed by atoms with Crippen LogP contribution in [0.3, 0.4) is 0 Å². The Morgan fingerprint density at radius 2 is 1.77 bits per heavy atom. The number of fused-ring (bicyclic) bond motifs is 1. The zero-order chi connectivity index (χ0) is 22.2. The number of nitrogens with one attached hydrogen (secondary N) is 1. The van der Waals surface area contributed by atoms with Crippen molar-refractivity contribution in [3.8, 4) is 17.0 Å². The Hall–Kier alpha value is -2.92. The summed E-state index contributed by atoms with van der Waals surface area (Å²) in [4.78, 5) is 19.8. The maximum atomic E-state index is 12.7. The van der Waals surface area contributed by atoms with Crippen LogP contribution in [0.5, 0.6) is 5.75 Å². The summed E-state index contributed by atoms with van der Waals surface area (Å²) in [6.07, 6.45) is 0.937. The number of rotatable bonds is 10. The molecule has 1 heterocycles. The van der Waals surface area contributed by atoms with Crippen LogP contribution in [0.2, 0.25) is 0 Å². The van der Waals surface area contributed by atoms with E-state index in [2.05, 4.69) is 55.3 Å². The standard InChI is InChI=1S/C26H33N3O2/c1-5-29(6-2)16-8-15-27-26(30)21-13-14-23-22(17-21)25(31-7-3)18-24(28-23)20-11-9-19(4)10-12-20/h9-14,17-18H,5-8,15-16H2,1-4H3,(H,27,30). The third-order valence-corrected chi connectivity index (χ3v) is 5.51. The number of benzene rings is 2. The van der Waals surface area contributed by atoms with Crippen LogP contribution in [0.4, 0.5) is 0 Å². The number of nitrogens with zero attached hydrogens (tertiary/aromatic N) is 2. The lowest BCUT2D eigenvalue weighted by Crippen LogP contribution is -2.29. The van der Waals surface area contributed by atoms with Crippen molar-refractivity contribution in [1.82, 2.24) is 15.2 Å². The van der Waals surface area contributed by atoms with Gasteiger partial charge in [0.1, 0.15) is 5.75 Å². The largest absolute Gasteiger partial charge is 0.493 e. The van der Waals surface area contributed by atoms with Crippen LogP contribution in [-0.4, -0.2) is 48.6 Å². The Morgan fingerprint density at radius 1 is 1.03 bits per heavy atom. The highest BCUT2D eigenvalue weighted by atomic mass is 16.5. The molecule has 0 aliphatic rings. The number of hydrogen-bond acceptors (Lipinski definition) is 4. The summed E-state index contributed by atoms with van der Waals surface area (Å²) in [5.74, 6) is 0.686. The van der Waals surface area contributed by atoms with E-state index in [0.29, 0.717) is 18.7 Å². The van der Waals surface area contributed by atoms with Crippen molar-refractivity contribution in [1.29, 1.82) is 0 Å². The molecule has 1 aromatic heterocycles. The van der Waals surface area contributed by atoms with E-state index in [1.165, 1.54) is 5.56 Å². The number of amides is 1. The molecule has 164 valence electrons. The molecule has 0 saturated heterocycles. The average Bonchev–Trinajstić information content (AvgIpc) is 2.79. The minimum atomic E-state index is -0.0634. The topological polar surface area (TPSA) is 54.5 Å². The van der Waals surface area contributed by atoms with E-state index in [-0.39, 0.29) is 5.91 Å². The summed E-state index contributed by atoms with van der Waals surface area (Å²) in [5, 5.41) is 3.89. The second-order valence-corrected chi connectivity index (χ2v) is 7.67. The van der Waals surface area contributed by atoms with Crippen LogP contribution in [0.1, 0.15) is 43.1 Å². The number of aryl methyl sites for hydroxylation is 1. The van der Waals surface area contributed by atoms with Crippen LogP contribution >= 0.6 is 0 Å². The number of carbonyl (C=O) groups excluding carboxylic acids is 1. The lowest BCUT2D eigenvalue weighted by atomic mass is 10.1. The molecule has 5 heteroatoms. The van der Waals surface area contributed by atoms with Crippen molar-refractivity contribution in [2.75, 3.05) is 32.8 Å². The summed E-state index contributed by atoms with van der Waals surface area (Å²) in [6.45, 7) is 12.6. The fourth-order valence-corrected chi connectivity index (χ4v) is 3.63. The molecule has 0 fully saturated rings. The lowest BCUT2D eigenvalue weighted by Gasteiger charge is -2.17. The summed E-state index contributed by atoms with van der Waals surface area (Å²) < 4.78 is 5.91. The predicted molar refractivity (Wildman–Crippen MR) is 128 cm³/mol. The van der Waals surface area contributed by atoms with E-state index >= 15 is 0 Å². The predicted octanol–water partition coefficient (Wildman–Crippen LogP) is 5.07. The zero-order valence-corrected chi connectivity index (χ0v) is 19.1. The minimum Gasteiger partial charge on any atom is -0.493 e. The first kappa shape index (κ1) is 22.8. The van der Waals surface area contributed by atoms with Gasteiger partial charge in [-0.1, -0.05) is 43.7 Å². The number of ether oxygens (including phenoxy) is 1. The molecule has 3 aromatic rings. The van der Waals surface area contributed by atoms with E-state index in [9.17, 15) is 4.79 Å². The second-order valence-electron chi connectivity index (χ2n) is 7.67. The highest BCUT2D eigenvalue weighted by Gasteiger charge is 2.12. The first-order valence-electron chi connectivity index (χ1n) is 11.2. The van der Waals surface area contributed by atoms with Gasteiger partial charge >= 0.3 is 0 Å². The molecule has 0 aliphatic carbocycles. The Kier molecular flexibility index (Phi) is 8.01. The van der Waals surface area contributed by atoms with E-state index in [1.807, 2.05) is 31.2 Å². The highest BCUT2D eigenvalue weighted by molar-refractivity contribution is 5.99. The number of carbonyl (C=O) groups is 1. The molecule has 2 aromatic carbocycles. The Bertz CT molecular complexity index is 1010. The van der Waals surface area contributed by atoms with Gasteiger partial charge in [-0.15, -0.1) is 0 Å². The van der Waals surface area contributed by atoms with Gasteiger partial charge in [-0.25, -0.2) is 4.98 Å². The van der Waals surface area contributed by atoms with Gasteiger partial charge in [0.05, 0.1) is 17.8 Å². The summed E-state index contributed by atoms with van der Waals surface area (Å²) in [6, 6.07) is 15.9. The molecule has 0 unspecified atom stereocenters. The molecule has 31 heavy (non-hydrogen) atoms. The number of hydrogen-bond donors (Lipinski definition) is 1. The zero-order valence-electron chi connectivity index (χ0n) is 19.1. The number of aromatic nitrogens is 1. The van der Waals surface area contributed by atoms with Crippen LogP contribution in [0.15, 0.2) is 48.5 Å². The van der Waals surface area contributed by atoms with E-state index < -0.39 is 0 Å². The first-order valence-corrected chi connectivity index (χ1v) is 11.2. The van der Waals surface area contributed by atoms with Gasteiger partial charge in [0, 0.05) is 29.1 Å². The van der Waals surface area contributed by atoms with Gasteiger partial charge in [0.2, 0.25) is 0 Å². The van der Waals surface area contributed by atoms with Crippen LogP contribution in [0.25, 0.3) is 22.2 Å². The normalized spacial score (nSPS) is 11.1. The molecular formula is C26H33N3O2. The molecule has 3 rings (SSSR count). The third-order valence-electron chi connectivity index (χ3n) is 5.51. The van der Waals surface area contributed by atoms with Crippen molar-refractivity contribution in [3.63, 3.8) is 0 Å². The average molecular weight is 420 g/mol. The van der Waals surface area contributed by atoms with E-state index in [1.54, 1.807) is 0 Å². The van der Waals surface area contributed by atoms with Crippen molar-refractivity contribution >= 4 is 16.8 Å². The SMILES string of the molecule is CCOc1cc(-c2ccc(C)cc2)nc2ccc(C(=O)NCCCN(CC)CC)cc12. The molecule has 0 aliphatic heterocycles. The van der Waals surface area contributed by atoms with E-state index in [4.69, 9.17) is 9.72 Å². The van der Waals surface area contributed by atoms with Gasteiger partial charge in [-0.3, -0.25) is 4.79 Å². The van der Waals surface area contributed by atoms with Crippen LogP contribution in [0, 0.1) is 6.92 Å². The first-order chi connectivity index (χ1) is 15.0. The van der Waals surface area contributed by atoms with Gasteiger partial charge in [-0.2, -0.15) is 0 Å². The molecular weight excluding hydrogens is 386 g/mol. The molecule has 0 saturated carbocycles. The second kappa shape index (κ2) is 10.9. The van der Waals surface area contributed by atoms with Gasteiger partial charge in [0.15, 0.2) is 0 Å². The highest BCUT2D eigenvalue weighted by Crippen LogP contribution is 2.31. The molecule has 1 amide bonds. The van der Waals surface area contributed by atoms with Gasteiger partial charge in [0.25, 0.3) is 5.91 Å². The molecule has 5 nitrogen and oxygen atoms in total. The third kappa shape index (κ3) is 5.82. The van der Waals surface area contributed by atoms with Crippen molar-refractivity contribution in [2.45, 2.75) is 34.1 Å². The maximum absolute atomic E-state index is 12.7. The molecule has 1 N–H and O–H groups in total. The fraction of sp³-hybridized carbons (Fsp3) is 0.385. The van der Waals surface area contributed by atoms with Crippen molar-refractivity contribution in [2.24, 2.45) is 0 Å². The summed E-state index contributed by atoms with van der Waals surface area (Å²) >= 11 is 0. The van der Waals surface area contributed by atoms with Crippen molar-refractivity contribution in [3.05, 3.63) is 59.7 Å². The summed E-state index contributed by atoms with van der Waals surface area (Å²) in [5.41, 5.74) is 4.57. The van der Waals surface area contributed by atoms with Crippen LogP contribution in [-0.2, 0) is 0 Å². The minimum absolute atomic E-state index is 0.0634. The van der Waals surface area contributed by atoms with Gasteiger partial charge in [-0.05, 0) is 58.1 Å². The Balaban J connectivity index is 1.80. The van der Waals surface area contributed by atoms with E-state index in [0.717, 1.165) is 54.0 Å². The molecule has 0 radical (unpaired) electrons. The molecule has 0 atom stereocenters. The van der Waals surface area contributed by atoms with Crippen molar-refractivity contribution < 1.29 is 9.53 Å². The number of pyridine rings is 1. The Morgan fingerprint density at radius 3 is 2.45 bits per heavy atom. The maximum Gasteiger partial charge on any atom is 0.251 e. The monoisotopic (exact) mass is 419 g/mol. The molecule has 0 bridgehead atoms. The quantitative estimate of drug-likeness (QED) is 0.466. The summed E-state index contributed by atoms with van der Waals surface area (Å²) in [7, 11) is 0.